The minimum Gasteiger partial charge on any atom is -0.446 e. The van der Waals surface area contributed by atoms with Crippen molar-refractivity contribution < 1.29 is 19.2 Å². The molecule has 8 nitrogen and oxygen atoms in total. The molecule has 0 aliphatic heterocycles. The summed E-state index contributed by atoms with van der Waals surface area (Å²) in [5.41, 5.74) is -0.150. The molecule has 1 N–H and O–H groups in total. The maximum absolute atomic E-state index is 12.2. The largest absolute Gasteiger partial charge is 0.446 e. The Hall–Kier alpha value is -2.60. The van der Waals surface area contributed by atoms with Gasteiger partial charge in [0.15, 0.2) is 6.10 Å². The molecule has 24 heavy (non-hydrogen) atoms. The highest BCUT2D eigenvalue weighted by molar-refractivity contribution is 7.98. The van der Waals surface area contributed by atoms with Crippen LogP contribution < -0.4 is 5.32 Å². The molecule has 0 aromatic heterocycles. The molecule has 9 heteroatoms. The number of carbonyl (C=O) groups is 2. The summed E-state index contributed by atoms with van der Waals surface area (Å²) in [6.45, 7) is 1.42. The molecule has 0 heterocycles. The number of non-ortho nitro benzene ring substituents is 1. The van der Waals surface area contributed by atoms with Crippen molar-refractivity contribution in [1.29, 1.82) is 5.26 Å². The monoisotopic (exact) mass is 351 g/mol. The van der Waals surface area contributed by atoms with Gasteiger partial charge in [0.25, 0.3) is 11.6 Å². The number of nitrogens with one attached hydrogen (secondary N) is 1. The Morgan fingerprint density at radius 3 is 2.79 bits per heavy atom. The van der Waals surface area contributed by atoms with Crippen LogP contribution in [0, 0.1) is 21.4 Å². The van der Waals surface area contributed by atoms with Crippen LogP contribution in [0.5, 0.6) is 0 Å². The van der Waals surface area contributed by atoms with Crippen molar-refractivity contribution in [3.8, 4) is 6.07 Å². The van der Waals surface area contributed by atoms with Gasteiger partial charge >= 0.3 is 5.97 Å². The third kappa shape index (κ3) is 5.89. The summed E-state index contributed by atoms with van der Waals surface area (Å²) in [6, 6.07) is 6.05. The Morgan fingerprint density at radius 1 is 1.50 bits per heavy atom. The van der Waals surface area contributed by atoms with Gasteiger partial charge in [-0.15, -0.1) is 0 Å². The summed E-state index contributed by atoms with van der Waals surface area (Å²) in [4.78, 5) is 34.5. The van der Waals surface area contributed by atoms with E-state index in [0.29, 0.717) is 12.2 Å². The summed E-state index contributed by atoms with van der Waals surface area (Å²) < 4.78 is 4.93. The smallest absolute Gasteiger partial charge is 0.329 e. The summed E-state index contributed by atoms with van der Waals surface area (Å²) in [5.74, 6) is -0.737. The minimum atomic E-state index is -0.931. The normalized spacial score (nSPS) is 12.5. The molecule has 0 saturated carbocycles. The first kappa shape index (κ1) is 19.4. The zero-order valence-electron chi connectivity index (χ0n) is 13.2. The Morgan fingerprint density at radius 2 is 2.21 bits per heavy atom. The lowest BCUT2D eigenvalue weighted by molar-refractivity contribution is -0.384. The highest BCUT2D eigenvalue weighted by Crippen LogP contribution is 2.14. The van der Waals surface area contributed by atoms with E-state index in [4.69, 9.17) is 10.00 Å². The van der Waals surface area contributed by atoms with Gasteiger partial charge in [-0.3, -0.25) is 14.9 Å². The van der Waals surface area contributed by atoms with Crippen LogP contribution in [0.4, 0.5) is 5.69 Å². The molecule has 1 aromatic rings. The van der Waals surface area contributed by atoms with Crippen molar-refractivity contribution in [3.63, 3.8) is 0 Å². The third-order valence-corrected chi connectivity index (χ3v) is 3.64. The number of ether oxygens (including phenoxy) is 1. The lowest BCUT2D eigenvalue weighted by Gasteiger charge is -2.18. The van der Waals surface area contributed by atoms with Gasteiger partial charge in [0.05, 0.1) is 4.92 Å². The van der Waals surface area contributed by atoms with Crippen LogP contribution in [0.2, 0.25) is 0 Å². The Labute approximate surface area is 143 Å². The molecule has 1 rings (SSSR count). The van der Waals surface area contributed by atoms with Gasteiger partial charge in [-0.05, 0) is 31.4 Å². The summed E-state index contributed by atoms with van der Waals surface area (Å²) in [6.07, 6.45) is 1.24. The van der Waals surface area contributed by atoms with E-state index in [1.807, 2.05) is 6.26 Å². The van der Waals surface area contributed by atoms with Gasteiger partial charge in [-0.2, -0.15) is 17.0 Å². The van der Waals surface area contributed by atoms with Crippen molar-refractivity contribution in [2.45, 2.75) is 25.5 Å². The van der Waals surface area contributed by atoms with Crippen LogP contribution in [0.3, 0.4) is 0 Å². The molecule has 0 bridgehead atoms. The standard InChI is InChI=1S/C15H17N3O5S/c1-10(9-16)23-15(20)13(6-7-24-2)17-14(19)11-4-3-5-12(8-11)18(21)22/h3-5,8,10,13H,6-7H2,1-2H3,(H,17,19)/t10-,13+/m0/s1. The number of nitrogens with zero attached hydrogens (tertiary/aromatic N) is 2. The van der Waals surface area contributed by atoms with E-state index in [2.05, 4.69) is 5.32 Å². The summed E-state index contributed by atoms with van der Waals surface area (Å²) in [7, 11) is 0. The molecule has 0 spiro atoms. The van der Waals surface area contributed by atoms with E-state index < -0.39 is 28.9 Å². The lowest BCUT2D eigenvalue weighted by atomic mass is 10.1. The predicted octanol–water partition coefficient (Wildman–Crippen LogP) is 1.90. The minimum absolute atomic E-state index is 0.0690. The Balaban J connectivity index is 2.87. The van der Waals surface area contributed by atoms with Gasteiger partial charge in [0, 0.05) is 17.7 Å². The van der Waals surface area contributed by atoms with E-state index in [9.17, 15) is 19.7 Å². The lowest BCUT2D eigenvalue weighted by Crippen LogP contribution is -2.43. The highest BCUT2D eigenvalue weighted by atomic mass is 32.2. The molecule has 0 aliphatic carbocycles. The molecule has 2 atom stereocenters. The fourth-order valence-corrected chi connectivity index (χ4v) is 2.24. The SMILES string of the molecule is CSCC[C@@H](NC(=O)c1cccc([N+](=O)[O-])c1)C(=O)O[C@@H](C)C#N. The molecular formula is C15H17N3O5S. The van der Waals surface area contributed by atoms with Gasteiger partial charge in [0.2, 0.25) is 0 Å². The molecule has 1 amide bonds. The summed E-state index contributed by atoms with van der Waals surface area (Å²) >= 11 is 1.49. The second-order valence-electron chi connectivity index (χ2n) is 4.82. The zero-order valence-corrected chi connectivity index (χ0v) is 14.0. The first-order chi connectivity index (χ1) is 11.4. The van der Waals surface area contributed by atoms with Crippen molar-refractivity contribution in [1.82, 2.24) is 5.32 Å². The molecule has 0 saturated heterocycles. The highest BCUT2D eigenvalue weighted by Gasteiger charge is 2.24. The number of carbonyl (C=O) groups excluding carboxylic acids is 2. The van der Waals surface area contributed by atoms with Gasteiger partial charge in [-0.1, -0.05) is 6.07 Å². The third-order valence-electron chi connectivity index (χ3n) is 2.99. The van der Waals surface area contributed by atoms with Crippen molar-refractivity contribution in [2.24, 2.45) is 0 Å². The Bertz CT molecular complexity index is 659. The number of esters is 1. The van der Waals surface area contributed by atoms with E-state index in [1.54, 1.807) is 6.07 Å². The molecule has 1 aromatic carbocycles. The number of hydrogen-bond donors (Lipinski definition) is 1. The van der Waals surface area contributed by atoms with Gasteiger partial charge in [-0.25, -0.2) is 4.79 Å². The topological polar surface area (TPSA) is 122 Å². The zero-order chi connectivity index (χ0) is 18.1. The molecule has 0 radical (unpaired) electrons. The molecule has 0 fully saturated rings. The second-order valence-corrected chi connectivity index (χ2v) is 5.81. The number of amides is 1. The van der Waals surface area contributed by atoms with E-state index in [0.717, 1.165) is 6.07 Å². The van der Waals surface area contributed by atoms with Crippen molar-refractivity contribution in [3.05, 3.63) is 39.9 Å². The van der Waals surface area contributed by atoms with Crippen LogP contribution in [0.1, 0.15) is 23.7 Å². The summed E-state index contributed by atoms with van der Waals surface area (Å²) in [5, 5.41) is 22.0. The number of rotatable bonds is 8. The van der Waals surface area contributed by atoms with Crippen LogP contribution in [0.25, 0.3) is 0 Å². The van der Waals surface area contributed by atoms with Crippen molar-refractivity contribution in [2.75, 3.05) is 12.0 Å². The maximum Gasteiger partial charge on any atom is 0.329 e. The first-order valence-electron chi connectivity index (χ1n) is 7.03. The van der Waals surface area contributed by atoms with Crippen LogP contribution in [-0.2, 0) is 9.53 Å². The van der Waals surface area contributed by atoms with E-state index >= 15 is 0 Å². The first-order valence-corrected chi connectivity index (χ1v) is 8.42. The van der Waals surface area contributed by atoms with Gasteiger partial charge in [0.1, 0.15) is 12.1 Å². The van der Waals surface area contributed by atoms with Crippen molar-refractivity contribution >= 4 is 29.3 Å². The fraction of sp³-hybridized carbons (Fsp3) is 0.400. The average molecular weight is 351 g/mol. The number of nitriles is 1. The number of nitro groups is 1. The second kappa shape index (κ2) is 9.52. The molecular weight excluding hydrogens is 334 g/mol. The predicted molar refractivity (Wildman–Crippen MR) is 88.5 cm³/mol. The average Bonchev–Trinajstić information content (AvgIpc) is 2.58. The number of nitro benzene ring substituents is 1. The molecule has 128 valence electrons. The van der Waals surface area contributed by atoms with E-state index in [-0.39, 0.29) is 11.3 Å². The number of thioether (sulfide) groups is 1. The number of hydrogen-bond acceptors (Lipinski definition) is 7. The van der Waals surface area contributed by atoms with Crippen LogP contribution in [0.15, 0.2) is 24.3 Å². The van der Waals surface area contributed by atoms with Crippen LogP contribution in [-0.4, -0.2) is 41.0 Å². The molecule has 0 unspecified atom stereocenters. The van der Waals surface area contributed by atoms with E-state index in [1.165, 1.54) is 36.9 Å². The fourth-order valence-electron chi connectivity index (χ4n) is 1.77. The van der Waals surface area contributed by atoms with Gasteiger partial charge < -0.3 is 10.1 Å². The Kier molecular flexibility index (Phi) is 7.71. The maximum atomic E-state index is 12.2. The van der Waals surface area contributed by atoms with Crippen LogP contribution >= 0.6 is 11.8 Å². The quantitative estimate of drug-likeness (QED) is 0.431. The number of benzene rings is 1. The molecule has 0 aliphatic rings.